The number of amides is 1. The van der Waals surface area contributed by atoms with Crippen LogP contribution in [-0.2, 0) is 15.0 Å². The molecule has 2 aliphatic rings. The number of aliphatic carboxylic acids is 1. The van der Waals surface area contributed by atoms with E-state index in [2.05, 4.69) is 0 Å². The maximum Gasteiger partial charge on any atom is 0.308 e. The SMILES string of the molecule is CC(C)(C(=O)N1C[C@H](C(=O)O)[C@@H](C2CC2)C1)c1cccc(Cl)c1. The van der Waals surface area contributed by atoms with Gasteiger partial charge in [-0.05, 0) is 56.2 Å². The molecule has 1 aromatic rings. The molecule has 1 amide bonds. The fourth-order valence-corrected chi connectivity index (χ4v) is 3.84. The summed E-state index contributed by atoms with van der Waals surface area (Å²) in [6.07, 6.45) is 2.18. The van der Waals surface area contributed by atoms with Crippen molar-refractivity contribution in [2.75, 3.05) is 13.1 Å². The minimum absolute atomic E-state index is 0.0193. The van der Waals surface area contributed by atoms with Gasteiger partial charge in [0, 0.05) is 18.1 Å². The van der Waals surface area contributed by atoms with E-state index in [4.69, 9.17) is 11.6 Å². The van der Waals surface area contributed by atoms with Crippen LogP contribution in [0.4, 0.5) is 0 Å². The van der Waals surface area contributed by atoms with E-state index in [1.165, 1.54) is 0 Å². The smallest absolute Gasteiger partial charge is 0.308 e. The normalized spacial score (nSPS) is 24.7. The van der Waals surface area contributed by atoms with Gasteiger partial charge in [0.25, 0.3) is 0 Å². The second-order valence-electron chi connectivity index (χ2n) is 7.29. The Kier molecular flexibility index (Phi) is 4.13. The van der Waals surface area contributed by atoms with Crippen molar-refractivity contribution in [1.29, 1.82) is 0 Å². The zero-order chi connectivity index (χ0) is 16.8. The fraction of sp³-hybridized carbons (Fsp3) is 0.556. The van der Waals surface area contributed by atoms with Crippen LogP contribution in [-0.4, -0.2) is 35.0 Å². The first-order valence-corrected chi connectivity index (χ1v) is 8.46. The van der Waals surface area contributed by atoms with Crippen LogP contribution in [0.5, 0.6) is 0 Å². The number of carbonyl (C=O) groups is 2. The maximum absolute atomic E-state index is 13.0. The van der Waals surface area contributed by atoms with Crippen LogP contribution in [0.1, 0.15) is 32.3 Å². The van der Waals surface area contributed by atoms with Gasteiger partial charge in [-0.3, -0.25) is 9.59 Å². The summed E-state index contributed by atoms with van der Waals surface area (Å²) in [7, 11) is 0. The van der Waals surface area contributed by atoms with Crippen molar-refractivity contribution >= 4 is 23.5 Å². The van der Waals surface area contributed by atoms with Gasteiger partial charge in [-0.1, -0.05) is 23.7 Å². The molecule has 0 unspecified atom stereocenters. The highest BCUT2D eigenvalue weighted by Gasteiger charge is 2.48. The maximum atomic E-state index is 13.0. The Morgan fingerprint density at radius 3 is 2.52 bits per heavy atom. The third-order valence-corrected chi connectivity index (χ3v) is 5.51. The molecule has 124 valence electrons. The van der Waals surface area contributed by atoms with Crippen LogP contribution >= 0.6 is 11.6 Å². The highest BCUT2D eigenvalue weighted by atomic mass is 35.5. The number of rotatable bonds is 4. The third-order valence-electron chi connectivity index (χ3n) is 5.28. The molecule has 4 nitrogen and oxygen atoms in total. The van der Waals surface area contributed by atoms with E-state index in [1.807, 2.05) is 32.0 Å². The van der Waals surface area contributed by atoms with Gasteiger partial charge >= 0.3 is 5.97 Å². The molecule has 2 atom stereocenters. The number of carboxylic acid groups (broad SMARTS) is 1. The van der Waals surface area contributed by atoms with Crippen molar-refractivity contribution in [2.24, 2.45) is 17.8 Å². The molecule has 5 heteroatoms. The third kappa shape index (κ3) is 3.09. The van der Waals surface area contributed by atoms with Gasteiger partial charge in [0.15, 0.2) is 0 Å². The van der Waals surface area contributed by atoms with Crippen molar-refractivity contribution in [2.45, 2.75) is 32.1 Å². The van der Waals surface area contributed by atoms with Crippen LogP contribution in [0.25, 0.3) is 0 Å². The number of halogens is 1. The number of carboxylic acids is 1. The minimum Gasteiger partial charge on any atom is -0.481 e. The zero-order valence-corrected chi connectivity index (χ0v) is 14.2. The Morgan fingerprint density at radius 2 is 1.96 bits per heavy atom. The summed E-state index contributed by atoms with van der Waals surface area (Å²) < 4.78 is 0. The molecule has 1 aromatic carbocycles. The van der Waals surface area contributed by atoms with Gasteiger partial charge in [-0.15, -0.1) is 0 Å². The van der Waals surface area contributed by atoms with E-state index in [0.29, 0.717) is 24.0 Å². The number of hydrogen-bond acceptors (Lipinski definition) is 2. The summed E-state index contributed by atoms with van der Waals surface area (Å²) in [5.74, 6) is -0.650. The molecular formula is C18H22ClNO3. The summed E-state index contributed by atoms with van der Waals surface area (Å²) >= 11 is 6.05. The summed E-state index contributed by atoms with van der Waals surface area (Å²) in [5.41, 5.74) is 0.142. The molecule has 0 aromatic heterocycles. The zero-order valence-electron chi connectivity index (χ0n) is 13.5. The van der Waals surface area contributed by atoms with Gasteiger partial charge < -0.3 is 10.0 Å². The lowest BCUT2D eigenvalue weighted by molar-refractivity contribution is -0.143. The van der Waals surface area contributed by atoms with Gasteiger partial charge in [-0.25, -0.2) is 0 Å². The number of likely N-dealkylation sites (tertiary alicyclic amines) is 1. The topological polar surface area (TPSA) is 57.6 Å². The van der Waals surface area contributed by atoms with Crippen LogP contribution in [0.15, 0.2) is 24.3 Å². The molecule has 0 bridgehead atoms. The number of benzene rings is 1. The van der Waals surface area contributed by atoms with E-state index in [9.17, 15) is 14.7 Å². The molecule has 1 saturated heterocycles. The van der Waals surface area contributed by atoms with Crippen molar-refractivity contribution in [3.8, 4) is 0 Å². The Bertz CT molecular complexity index is 639. The Balaban J connectivity index is 1.81. The fourth-order valence-electron chi connectivity index (χ4n) is 3.65. The number of nitrogens with zero attached hydrogens (tertiary/aromatic N) is 1. The molecule has 1 aliphatic heterocycles. The first-order valence-electron chi connectivity index (χ1n) is 8.09. The highest BCUT2D eigenvalue weighted by molar-refractivity contribution is 6.30. The Hall–Kier alpha value is -1.55. The summed E-state index contributed by atoms with van der Waals surface area (Å²) in [6, 6.07) is 7.32. The quantitative estimate of drug-likeness (QED) is 0.919. The van der Waals surface area contributed by atoms with E-state index in [-0.39, 0.29) is 11.8 Å². The molecule has 3 rings (SSSR count). The molecule has 0 radical (unpaired) electrons. The first-order chi connectivity index (χ1) is 10.8. The molecule has 23 heavy (non-hydrogen) atoms. The van der Waals surface area contributed by atoms with Crippen LogP contribution in [0, 0.1) is 17.8 Å². The monoisotopic (exact) mass is 335 g/mol. The van der Waals surface area contributed by atoms with Gasteiger partial charge in [0.1, 0.15) is 0 Å². The van der Waals surface area contributed by atoms with Crippen molar-refractivity contribution in [3.63, 3.8) is 0 Å². The second-order valence-corrected chi connectivity index (χ2v) is 7.73. The van der Waals surface area contributed by atoms with E-state index < -0.39 is 17.3 Å². The Morgan fingerprint density at radius 1 is 1.26 bits per heavy atom. The molecular weight excluding hydrogens is 314 g/mol. The molecule has 1 heterocycles. The standard InChI is InChI=1S/C18H22ClNO3/c1-18(2,12-4-3-5-13(19)8-12)17(23)20-9-14(11-6-7-11)15(10-20)16(21)22/h3-5,8,11,14-15H,6-7,9-10H2,1-2H3,(H,21,22)/t14-,15+/m1/s1. The second kappa shape index (κ2) is 5.82. The van der Waals surface area contributed by atoms with Crippen LogP contribution in [0.3, 0.4) is 0 Å². The lowest BCUT2D eigenvalue weighted by Crippen LogP contribution is -2.42. The van der Waals surface area contributed by atoms with Crippen LogP contribution < -0.4 is 0 Å². The molecule has 1 saturated carbocycles. The van der Waals surface area contributed by atoms with Gasteiger partial charge in [0.05, 0.1) is 11.3 Å². The largest absolute Gasteiger partial charge is 0.481 e. The molecule has 2 fully saturated rings. The van der Waals surface area contributed by atoms with E-state index >= 15 is 0 Å². The van der Waals surface area contributed by atoms with Gasteiger partial charge in [-0.2, -0.15) is 0 Å². The molecule has 1 N–H and O–H groups in total. The first kappa shape index (κ1) is 16.3. The highest BCUT2D eigenvalue weighted by Crippen LogP contribution is 2.45. The number of carbonyl (C=O) groups excluding carboxylic acids is 1. The van der Waals surface area contributed by atoms with Crippen LogP contribution in [0.2, 0.25) is 5.02 Å². The Labute approximate surface area is 141 Å². The summed E-state index contributed by atoms with van der Waals surface area (Å²) in [4.78, 5) is 26.3. The van der Waals surface area contributed by atoms with Gasteiger partial charge in [0.2, 0.25) is 5.91 Å². The van der Waals surface area contributed by atoms with E-state index in [0.717, 1.165) is 18.4 Å². The van der Waals surface area contributed by atoms with Crippen molar-refractivity contribution in [3.05, 3.63) is 34.9 Å². The molecule has 1 aliphatic carbocycles. The van der Waals surface area contributed by atoms with Crippen molar-refractivity contribution in [1.82, 2.24) is 4.90 Å². The molecule has 0 spiro atoms. The average Bonchev–Trinajstić information content (AvgIpc) is 3.24. The predicted molar refractivity (Wildman–Crippen MR) is 88.4 cm³/mol. The predicted octanol–water partition coefficient (Wildman–Crippen LogP) is 3.19. The lowest BCUT2D eigenvalue weighted by atomic mass is 9.83. The average molecular weight is 336 g/mol. The summed E-state index contributed by atoms with van der Waals surface area (Å²) in [6.45, 7) is 4.63. The lowest BCUT2D eigenvalue weighted by Gasteiger charge is -2.30. The minimum atomic E-state index is -0.780. The summed E-state index contributed by atoms with van der Waals surface area (Å²) in [5, 5.41) is 10.1. The van der Waals surface area contributed by atoms with Crippen molar-refractivity contribution < 1.29 is 14.7 Å². The van der Waals surface area contributed by atoms with E-state index in [1.54, 1.807) is 11.0 Å². The number of hydrogen-bond donors (Lipinski definition) is 1.